The average Bonchev–Trinajstić information content (AvgIpc) is 2.72. The summed E-state index contributed by atoms with van der Waals surface area (Å²) in [6.07, 6.45) is 19.4. The van der Waals surface area contributed by atoms with Crippen molar-refractivity contribution in [2.75, 3.05) is 6.61 Å². The first-order valence-corrected chi connectivity index (χ1v) is 12.7. The molecule has 0 bridgehead atoms. The number of rotatable bonds is 22. The monoisotopic (exact) mass is 426 g/mol. The van der Waals surface area contributed by atoms with Gasteiger partial charge < -0.3 is 9.47 Å². The van der Waals surface area contributed by atoms with Gasteiger partial charge in [0.2, 0.25) is 0 Å². The third-order valence-electron chi connectivity index (χ3n) is 5.97. The zero-order chi connectivity index (χ0) is 22.5. The molecule has 0 aromatic heterocycles. The van der Waals surface area contributed by atoms with E-state index in [1.807, 2.05) is 13.8 Å². The second-order valence-corrected chi connectivity index (χ2v) is 9.45. The van der Waals surface area contributed by atoms with Crippen LogP contribution in [-0.4, -0.2) is 25.2 Å². The standard InChI is InChI=1S/C26H50O4/c1-5-7-9-11-15-19-24(20-16-12-10-8-6-2)30-25(28)26(3,4)21-17-13-14-18-22-29-23-27/h23-24H,5-22H2,1-4H3. The normalized spacial score (nSPS) is 11.6. The summed E-state index contributed by atoms with van der Waals surface area (Å²) in [4.78, 5) is 23.0. The summed E-state index contributed by atoms with van der Waals surface area (Å²) >= 11 is 0. The first kappa shape index (κ1) is 28.9. The second kappa shape index (κ2) is 19.9. The lowest BCUT2D eigenvalue weighted by Crippen LogP contribution is -2.31. The predicted octanol–water partition coefficient (Wildman–Crippen LogP) is 7.77. The van der Waals surface area contributed by atoms with Gasteiger partial charge in [-0.15, -0.1) is 0 Å². The summed E-state index contributed by atoms with van der Waals surface area (Å²) < 4.78 is 10.8. The van der Waals surface area contributed by atoms with E-state index in [-0.39, 0.29) is 12.1 Å². The molecule has 0 radical (unpaired) electrons. The maximum absolute atomic E-state index is 12.9. The molecule has 0 fully saturated rings. The number of hydrogen-bond acceptors (Lipinski definition) is 4. The molecule has 0 aromatic carbocycles. The molecular weight excluding hydrogens is 376 g/mol. The first-order chi connectivity index (χ1) is 14.5. The quantitative estimate of drug-likeness (QED) is 0.101. The van der Waals surface area contributed by atoms with Crippen LogP contribution < -0.4 is 0 Å². The van der Waals surface area contributed by atoms with Gasteiger partial charge in [-0.2, -0.15) is 0 Å². The van der Waals surface area contributed by atoms with E-state index in [0.717, 1.165) is 57.8 Å². The lowest BCUT2D eigenvalue weighted by Gasteiger charge is -2.27. The molecule has 0 rings (SSSR count). The highest BCUT2D eigenvalue weighted by atomic mass is 16.5. The Hall–Kier alpha value is -1.06. The Morgan fingerprint density at radius 2 is 1.27 bits per heavy atom. The number of ether oxygens (including phenoxy) is 2. The van der Waals surface area contributed by atoms with E-state index in [0.29, 0.717) is 13.1 Å². The molecule has 4 heteroatoms. The molecule has 30 heavy (non-hydrogen) atoms. The lowest BCUT2D eigenvalue weighted by molar-refractivity contribution is -0.161. The fourth-order valence-corrected chi connectivity index (χ4v) is 3.78. The fraction of sp³-hybridized carbons (Fsp3) is 0.923. The Morgan fingerprint density at radius 3 is 1.80 bits per heavy atom. The molecule has 0 spiro atoms. The van der Waals surface area contributed by atoms with Crippen LogP contribution in [0.15, 0.2) is 0 Å². The number of carbonyl (C=O) groups is 2. The van der Waals surface area contributed by atoms with Crippen LogP contribution in [0.5, 0.6) is 0 Å². The van der Waals surface area contributed by atoms with Crippen molar-refractivity contribution >= 4 is 12.4 Å². The van der Waals surface area contributed by atoms with Gasteiger partial charge in [-0.25, -0.2) is 0 Å². The first-order valence-electron chi connectivity index (χ1n) is 12.7. The number of esters is 1. The Labute approximate surface area is 186 Å². The van der Waals surface area contributed by atoms with Crippen LogP contribution in [0.3, 0.4) is 0 Å². The van der Waals surface area contributed by atoms with Crippen LogP contribution in [0.2, 0.25) is 0 Å². The van der Waals surface area contributed by atoms with Crippen LogP contribution >= 0.6 is 0 Å². The summed E-state index contributed by atoms with van der Waals surface area (Å²) in [5.74, 6) is -0.0288. The van der Waals surface area contributed by atoms with Crippen molar-refractivity contribution in [2.24, 2.45) is 5.41 Å². The van der Waals surface area contributed by atoms with Gasteiger partial charge in [-0.3, -0.25) is 9.59 Å². The topological polar surface area (TPSA) is 52.6 Å². The zero-order valence-corrected chi connectivity index (χ0v) is 20.5. The molecule has 0 aliphatic rings. The minimum atomic E-state index is -0.429. The largest absolute Gasteiger partial charge is 0.468 e. The summed E-state index contributed by atoms with van der Waals surface area (Å²) in [6, 6.07) is 0. The summed E-state index contributed by atoms with van der Waals surface area (Å²) in [5, 5.41) is 0. The van der Waals surface area contributed by atoms with Crippen molar-refractivity contribution in [3.63, 3.8) is 0 Å². The van der Waals surface area contributed by atoms with E-state index in [1.165, 1.54) is 51.4 Å². The van der Waals surface area contributed by atoms with Gasteiger partial charge in [0.1, 0.15) is 6.10 Å². The Balaban J connectivity index is 4.33. The Kier molecular flexibility index (Phi) is 19.2. The molecule has 0 aliphatic heterocycles. The van der Waals surface area contributed by atoms with Gasteiger partial charge in [-0.1, -0.05) is 84.5 Å². The van der Waals surface area contributed by atoms with Gasteiger partial charge in [0.15, 0.2) is 0 Å². The summed E-state index contributed by atoms with van der Waals surface area (Å²) in [6.45, 7) is 9.51. The highest BCUT2D eigenvalue weighted by molar-refractivity contribution is 5.76. The van der Waals surface area contributed by atoms with Gasteiger partial charge >= 0.3 is 5.97 Å². The molecule has 0 atom stereocenters. The number of hydrogen-bond donors (Lipinski definition) is 0. The maximum Gasteiger partial charge on any atom is 0.311 e. The lowest BCUT2D eigenvalue weighted by atomic mass is 9.86. The van der Waals surface area contributed by atoms with E-state index < -0.39 is 5.41 Å². The van der Waals surface area contributed by atoms with Crippen LogP contribution in [0.1, 0.15) is 137 Å². The van der Waals surface area contributed by atoms with Gasteiger partial charge in [0, 0.05) is 0 Å². The number of unbranched alkanes of at least 4 members (excludes halogenated alkanes) is 11. The predicted molar refractivity (Wildman–Crippen MR) is 126 cm³/mol. The van der Waals surface area contributed by atoms with E-state index in [1.54, 1.807) is 0 Å². The molecule has 178 valence electrons. The molecule has 0 N–H and O–H groups in total. The van der Waals surface area contributed by atoms with Crippen LogP contribution in [-0.2, 0) is 19.1 Å². The van der Waals surface area contributed by atoms with E-state index >= 15 is 0 Å². The molecule has 0 amide bonds. The molecule has 0 saturated carbocycles. The molecule has 0 aliphatic carbocycles. The van der Waals surface area contributed by atoms with E-state index in [2.05, 4.69) is 13.8 Å². The maximum atomic E-state index is 12.9. The summed E-state index contributed by atoms with van der Waals surface area (Å²) in [5.41, 5.74) is -0.429. The second-order valence-electron chi connectivity index (χ2n) is 9.45. The zero-order valence-electron chi connectivity index (χ0n) is 20.5. The fourth-order valence-electron chi connectivity index (χ4n) is 3.78. The number of carbonyl (C=O) groups excluding carboxylic acids is 2. The van der Waals surface area contributed by atoms with E-state index in [4.69, 9.17) is 9.47 Å². The Bertz CT molecular complexity index is 392. The Morgan fingerprint density at radius 1 is 0.767 bits per heavy atom. The van der Waals surface area contributed by atoms with Gasteiger partial charge in [-0.05, 0) is 52.4 Å². The molecule has 0 heterocycles. The van der Waals surface area contributed by atoms with Gasteiger partial charge in [0.25, 0.3) is 6.47 Å². The van der Waals surface area contributed by atoms with Crippen LogP contribution in [0, 0.1) is 5.41 Å². The minimum absolute atomic E-state index is 0.0288. The minimum Gasteiger partial charge on any atom is -0.468 e. The van der Waals surface area contributed by atoms with Crippen molar-refractivity contribution in [2.45, 2.75) is 143 Å². The van der Waals surface area contributed by atoms with Crippen molar-refractivity contribution in [1.29, 1.82) is 0 Å². The highest BCUT2D eigenvalue weighted by Crippen LogP contribution is 2.28. The average molecular weight is 427 g/mol. The molecular formula is C26H50O4. The highest BCUT2D eigenvalue weighted by Gasteiger charge is 2.30. The third kappa shape index (κ3) is 16.7. The molecule has 0 saturated heterocycles. The molecule has 0 unspecified atom stereocenters. The van der Waals surface area contributed by atoms with Crippen LogP contribution in [0.25, 0.3) is 0 Å². The van der Waals surface area contributed by atoms with Crippen molar-refractivity contribution < 1.29 is 19.1 Å². The van der Waals surface area contributed by atoms with Crippen molar-refractivity contribution in [1.82, 2.24) is 0 Å². The van der Waals surface area contributed by atoms with Crippen molar-refractivity contribution in [3.8, 4) is 0 Å². The third-order valence-corrected chi connectivity index (χ3v) is 5.97. The van der Waals surface area contributed by atoms with Gasteiger partial charge in [0.05, 0.1) is 12.0 Å². The smallest absolute Gasteiger partial charge is 0.311 e. The van der Waals surface area contributed by atoms with Crippen LogP contribution in [0.4, 0.5) is 0 Å². The SMILES string of the molecule is CCCCCCCC(CCCCCCC)OC(=O)C(C)(C)CCCCCCOC=O. The molecule has 4 nitrogen and oxygen atoms in total. The summed E-state index contributed by atoms with van der Waals surface area (Å²) in [7, 11) is 0. The van der Waals surface area contributed by atoms with E-state index in [9.17, 15) is 9.59 Å². The van der Waals surface area contributed by atoms with Crippen molar-refractivity contribution in [3.05, 3.63) is 0 Å². The molecule has 0 aromatic rings.